The van der Waals surface area contributed by atoms with E-state index in [0.29, 0.717) is 61.2 Å². The Balaban J connectivity index is 1.04. The zero-order valence-electron chi connectivity index (χ0n) is 58.5. The molecule has 0 saturated carbocycles. The lowest BCUT2D eigenvalue weighted by molar-refractivity contribution is -0.149. The molecule has 38 heteroatoms. The molecule has 3 fully saturated rings. The number of aromatic nitrogens is 6. The number of amides is 11. The first-order valence-electron chi connectivity index (χ1n) is 35.4. The van der Waals surface area contributed by atoms with E-state index in [2.05, 4.69) is 77.4 Å². The van der Waals surface area contributed by atoms with E-state index in [1.807, 2.05) is 0 Å². The summed E-state index contributed by atoms with van der Waals surface area (Å²) in [7, 11) is 0. The van der Waals surface area contributed by atoms with Gasteiger partial charge in [0.15, 0.2) is 5.96 Å². The van der Waals surface area contributed by atoms with Crippen molar-refractivity contribution in [1.82, 2.24) is 87.1 Å². The van der Waals surface area contributed by atoms with Gasteiger partial charge in [-0.15, -0.1) is 0 Å². The van der Waals surface area contributed by atoms with Crippen LogP contribution in [0.5, 0.6) is 0 Å². The third-order valence-corrected chi connectivity index (χ3v) is 18.4. The maximum absolute atomic E-state index is 15.1. The molecule has 3 aromatic heterocycles. The highest BCUT2D eigenvalue weighted by molar-refractivity contribution is 6.00. The van der Waals surface area contributed by atoms with Gasteiger partial charge in [-0.1, -0.05) is 30.3 Å². The Hall–Kier alpha value is -10.9. The maximum Gasteiger partial charge on any atom is 0.326 e. The summed E-state index contributed by atoms with van der Waals surface area (Å²) in [6, 6.07) is -5.37. The fourth-order valence-electron chi connectivity index (χ4n) is 12.9. The molecule has 0 bridgehead atoms. The lowest BCUT2D eigenvalue weighted by Crippen LogP contribution is -2.61. The lowest BCUT2D eigenvalue weighted by Gasteiger charge is -2.34. The number of aliphatic imine (C=N–C) groups is 1. The Morgan fingerprint density at radius 3 is 1.50 bits per heavy atom. The molecular weight excluding hydrogens is 1370 g/mol. The van der Waals surface area contributed by atoms with Gasteiger partial charge in [-0.2, -0.15) is 0 Å². The van der Waals surface area contributed by atoms with Crippen molar-refractivity contribution < 1.29 is 72.5 Å². The number of likely N-dealkylation sites (tertiary alicyclic amines) is 3. The highest BCUT2D eigenvalue weighted by Gasteiger charge is 2.46. The topological polar surface area (TPSA) is 597 Å². The van der Waals surface area contributed by atoms with E-state index in [0.717, 1.165) is 0 Å². The number of carbonyl (C=O) groups excluding carboxylic acids is 11. The minimum Gasteiger partial charge on any atom is -0.481 e. The van der Waals surface area contributed by atoms with E-state index >= 15 is 4.79 Å². The fourth-order valence-corrected chi connectivity index (χ4v) is 12.9. The zero-order valence-corrected chi connectivity index (χ0v) is 58.5. The predicted octanol–water partition coefficient (Wildman–Crippen LogP) is -4.80. The van der Waals surface area contributed by atoms with Crippen molar-refractivity contribution in [3.63, 3.8) is 0 Å². The summed E-state index contributed by atoms with van der Waals surface area (Å²) in [6.07, 6.45) is 10.3. The molecule has 11 amide bonds. The molecule has 0 spiro atoms. The van der Waals surface area contributed by atoms with Gasteiger partial charge >= 0.3 is 11.9 Å². The number of guanidine groups is 1. The third kappa shape index (κ3) is 25.2. The number of nitrogens with zero attached hydrogens (tertiary/aromatic N) is 7. The first-order valence-corrected chi connectivity index (χ1v) is 35.4. The van der Waals surface area contributed by atoms with Crippen LogP contribution in [0.25, 0.3) is 0 Å². The van der Waals surface area contributed by atoms with Gasteiger partial charge in [0, 0.05) is 94.0 Å². The molecule has 1 aromatic carbocycles. The van der Waals surface area contributed by atoms with Crippen molar-refractivity contribution in [3.8, 4) is 0 Å². The fraction of sp³-hybridized carbons (Fsp3) is 0.567. The predicted molar refractivity (Wildman–Crippen MR) is 376 cm³/mol. The molecule has 572 valence electrons. The molecule has 0 unspecified atom stereocenters. The number of hydrogen-bond donors (Lipinski definition) is 18. The number of imidazole rings is 3. The summed E-state index contributed by atoms with van der Waals surface area (Å²) in [6.45, 7) is 0.0846. The molecule has 7 rings (SSSR count). The van der Waals surface area contributed by atoms with Crippen molar-refractivity contribution in [2.24, 2.45) is 33.7 Å². The standard InChI is InChI=1S/C67H99N23O15/c68-22-6-4-14-44(82-59(97)48(28-39-12-2-1-3-13-39)85-56(94)43(70)29-40-32-73-36-78-40)57(95)86-49(30-41-33-74-37-79-41)60(98)83-45(15-5-7-23-69)58(96)87-50(31-42-34-75-38-80-42)64(102)88-25-10-18-52(88)62(100)84-46(20-21-55(92)93)63(101)90-27-11-19-53(90)65(103)89-26-9-17-51(89)61(99)77-35-54(91)81-47(66(104)105)16-8-24-76-67(71)72/h1-3,12-13,32-34,36-38,43-53H,4-11,14-31,35,68-70H2,(H,73,78)(H,74,79)(H,75,80)(H,77,99)(H,81,91)(H,82,97)(H,83,98)(H,84,100)(H,85,94)(H,86,95)(H,87,96)(H,92,93)(H,104,105)(H4,71,72,76)/t43-,44-,45-,46-,47-,48-,49-,50-,51-,52-,53-/m0/s1. The SMILES string of the molecule is NCCCC[C@H](NC(=O)[C@H](Cc1ccccc1)NC(=O)[C@@H](N)Cc1cnc[nH]1)C(=O)N[C@@H](Cc1cnc[nH]1)C(=O)N[C@@H](CCCCN)C(=O)N[C@@H](Cc1cnc[nH]1)C(=O)N1CCC[C@H]1C(=O)N[C@@H](CCC(=O)O)C(=O)N1CCC[C@H]1C(=O)N1CCC[C@H]1C(=O)NCC(=O)N[C@@H](CCCN=C(N)N)C(=O)O. The van der Waals surface area contributed by atoms with E-state index in [1.54, 1.807) is 30.3 Å². The number of carbonyl (C=O) groups is 13. The lowest BCUT2D eigenvalue weighted by atomic mass is 10.0. The minimum absolute atomic E-state index is 0.00826. The van der Waals surface area contributed by atoms with E-state index in [-0.39, 0.29) is 122 Å². The van der Waals surface area contributed by atoms with Crippen LogP contribution in [0.2, 0.25) is 0 Å². The van der Waals surface area contributed by atoms with Crippen LogP contribution >= 0.6 is 0 Å². The number of aromatic amines is 3. The second kappa shape index (κ2) is 41.4. The highest BCUT2D eigenvalue weighted by Crippen LogP contribution is 2.27. The number of aliphatic carboxylic acids is 2. The smallest absolute Gasteiger partial charge is 0.326 e. The van der Waals surface area contributed by atoms with Gasteiger partial charge in [0.05, 0.1) is 31.6 Å². The van der Waals surface area contributed by atoms with Crippen LogP contribution in [0.4, 0.5) is 0 Å². The Morgan fingerprint density at radius 1 is 0.505 bits per heavy atom. The molecule has 6 heterocycles. The summed E-state index contributed by atoms with van der Waals surface area (Å²) in [5.41, 5.74) is 30.8. The normalized spacial score (nSPS) is 17.8. The number of H-pyrrole nitrogens is 3. The van der Waals surface area contributed by atoms with Gasteiger partial charge in [0.1, 0.15) is 60.4 Å². The van der Waals surface area contributed by atoms with Crippen molar-refractivity contribution in [2.75, 3.05) is 45.8 Å². The molecular formula is C67H99N23O15. The quantitative estimate of drug-likeness (QED) is 0.0112. The minimum atomic E-state index is -1.53. The average Bonchev–Trinajstić information content (AvgIpc) is 1.69. The van der Waals surface area contributed by atoms with Gasteiger partial charge in [0.25, 0.3) is 0 Å². The zero-order chi connectivity index (χ0) is 76.0. The number of carboxylic acid groups (broad SMARTS) is 2. The van der Waals surface area contributed by atoms with Crippen LogP contribution in [0.3, 0.4) is 0 Å². The summed E-state index contributed by atoms with van der Waals surface area (Å²) in [5, 5.41) is 40.9. The Morgan fingerprint density at radius 2 is 0.971 bits per heavy atom. The van der Waals surface area contributed by atoms with E-state index in [1.165, 1.54) is 52.3 Å². The molecule has 11 atom stereocenters. The molecule has 3 saturated heterocycles. The van der Waals surface area contributed by atoms with E-state index in [9.17, 15) is 67.7 Å². The summed E-state index contributed by atoms with van der Waals surface area (Å²) >= 11 is 0. The molecule has 23 N–H and O–H groups in total. The van der Waals surface area contributed by atoms with Crippen molar-refractivity contribution in [3.05, 3.63) is 90.5 Å². The number of rotatable bonds is 43. The highest BCUT2D eigenvalue weighted by atomic mass is 16.4. The van der Waals surface area contributed by atoms with Crippen molar-refractivity contribution in [1.29, 1.82) is 0 Å². The second-order valence-corrected chi connectivity index (χ2v) is 26.2. The second-order valence-electron chi connectivity index (χ2n) is 26.2. The Labute approximate surface area is 605 Å². The molecule has 3 aliphatic rings. The van der Waals surface area contributed by atoms with Crippen LogP contribution in [-0.2, 0) is 88.0 Å². The van der Waals surface area contributed by atoms with Crippen LogP contribution in [0, 0.1) is 0 Å². The number of nitrogens with one attached hydrogen (secondary N) is 11. The van der Waals surface area contributed by atoms with Crippen LogP contribution < -0.4 is 71.2 Å². The summed E-state index contributed by atoms with van der Waals surface area (Å²) < 4.78 is 0. The Kier molecular flexibility index (Phi) is 32.1. The van der Waals surface area contributed by atoms with Crippen molar-refractivity contribution in [2.45, 2.75) is 195 Å². The summed E-state index contributed by atoms with van der Waals surface area (Å²) in [5.74, 6) is -11.2. The molecule has 105 heavy (non-hydrogen) atoms. The van der Waals surface area contributed by atoms with Crippen LogP contribution in [0.15, 0.2) is 72.9 Å². The van der Waals surface area contributed by atoms with Gasteiger partial charge in [-0.25, -0.2) is 19.7 Å². The average molecular weight is 1470 g/mol. The molecule has 3 aliphatic heterocycles. The maximum atomic E-state index is 15.1. The molecule has 0 aliphatic carbocycles. The first kappa shape index (κ1) is 81.4. The molecule has 0 radical (unpaired) electrons. The van der Waals surface area contributed by atoms with Crippen LogP contribution in [-0.4, -0.2) is 250 Å². The van der Waals surface area contributed by atoms with Crippen LogP contribution in [0.1, 0.15) is 125 Å². The van der Waals surface area contributed by atoms with E-state index < -0.39 is 163 Å². The number of benzene rings is 1. The first-order chi connectivity index (χ1) is 50.4. The van der Waals surface area contributed by atoms with Gasteiger partial charge in [0.2, 0.25) is 65.0 Å². The Bertz CT molecular complexity index is 3580. The van der Waals surface area contributed by atoms with Gasteiger partial charge < -0.3 is 111 Å². The number of hydrogen-bond acceptors (Lipinski definition) is 20. The largest absolute Gasteiger partial charge is 0.481 e. The monoisotopic (exact) mass is 1470 g/mol. The molecule has 4 aromatic rings. The molecule has 38 nitrogen and oxygen atoms in total. The summed E-state index contributed by atoms with van der Waals surface area (Å²) in [4.78, 5) is 210. The van der Waals surface area contributed by atoms with Gasteiger partial charge in [-0.05, 0) is 115 Å². The number of unbranched alkanes of at least 4 members (excludes halogenated alkanes) is 2. The van der Waals surface area contributed by atoms with E-state index in [4.69, 9.17) is 28.7 Å². The van der Waals surface area contributed by atoms with Crippen molar-refractivity contribution >= 4 is 82.9 Å². The number of carboxylic acids is 2. The van der Waals surface area contributed by atoms with Gasteiger partial charge in [-0.3, -0.25) is 62.5 Å². The number of nitrogens with two attached hydrogens (primary N) is 5. The third-order valence-electron chi connectivity index (χ3n) is 18.4.